The summed E-state index contributed by atoms with van der Waals surface area (Å²) in [6.07, 6.45) is 3.00. The number of aryl methyl sites for hydroxylation is 2. The van der Waals surface area contributed by atoms with Gasteiger partial charge in [-0.3, -0.25) is 0 Å². The molecule has 1 atom stereocenters. The summed E-state index contributed by atoms with van der Waals surface area (Å²) in [4.78, 5) is 11.8. The molecular formula is C23H20BrNO3. The van der Waals surface area contributed by atoms with Crippen LogP contribution >= 0.6 is 0 Å². The molecule has 0 spiro atoms. The van der Waals surface area contributed by atoms with Gasteiger partial charge in [-0.05, 0) is 43.2 Å². The molecule has 2 aromatic heterocycles. The van der Waals surface area contributed by atoms with Crippen LogP contribution in [-0.2, 0) is 13.0 Å². The lowest BCUT2D eigenvalue weighted by molar-refractivity contribution is -0.677. The van der Waals surface area contributed by atoms with E-state index in [0.717, 1.165) is 35.2 Å². The van der Waals surface area contributed by atoms with E-state index in [4.69, 9.17) is 9.15 Å². The molecule has 0 saturated heterocycles. The predicted molar refractivity (Wildman–Crippen MR) is 104 cm³/mol. The topological polar surface area (TPSA) is 43.3 Å². The van der Waals surface area contributed by atoms with E-state index in [9.17, 15) is 4.79 Å². The summed E-state index contributed by atoms with van der Waals surface area (Å²) in [6, 6.07) is 16.2. The first-order valence-corrected chi connectivity index (χ1v) is 9.21. The van der Waals surface area contributed by atoms with E-state index in [2.05, 4.69) is 53.2 Å². The predicted octanol–water partition coefficient (Wildman–Crippen LogP) is 0.858. The maximum atomic E-state index is 11.8. The fourth-order valence-electron chi connectivity index (χ4n) is 4.13. The Morgan fingerprint density at radius 3 is 2.75 bits per heavy atom. The summed E-state index contributed by atoms with van der Waals surface area (Å²) in [7, 11) is 0. The number of aromatic nitrogens is 1. The van der Waals surface area contributed by atoms with Crippen LogP contribution in [0.25, 0.3) is 21.9 Å². The van der Waals surface area contributed by atoms with Gasteiger partial charge in [0, 0.05) is 41.0 Å². The van der Waals surface area contributed by atoms with E-state index in [1.54, 1.807) is 6.07 Å². The summed E-state index contributed by atoms with van der Waals surface area (Å²) >= 11 is 0. The molecule has 0 aliphatic carbocycles. The van der Waals surface area contributed by atoms with E-state index in [1.165, 1.54) is 16.5 Å². The van der Waals surface area contributed by atoms with Crippen LogP contribution in [0.5, 0.6) is 5.75 Å². The molecule has 0 N–H and O–H groups in total. The van der Waals surface area contributed by atoms with E-state index >= 15 is 0 Å². The molecule has 28 heavy (non-hydrogen) atoms. The van der Waals surface area contributed by atoms with Crippen molar-refractivity contribution in [3.8, 4) is 5.75 Å². The first-order valence-electron chi connectivity index (χ1n) is 9.21. The van der Waals surface area contributed by atoms with Crippen molar-refractivity contribution in [1.82, 2.24) is 0 Å². The average molecular weight is 438 g/mol. The molecule has 3 heterocycles. The molecule has 142 valence electrons. The maximum Gasteiger partial charge on any atom is 0.336 e. The lowest BCUT2D eigenvalue weighted by Gasteiger charge is -2.10. The van der Waals surface area contributed by atoms with Gasteiger partial charge in [-0.1, -0.05) is 12.1 Å². The third-order valence-corrected chi connectivity index (χ3v) is 5.42. The minimum absolute atomic E-state index is 0. The van der Waals surface area contributed by atoms with Crippen molar-refractivity contribution in [2.75, 3.05) is 0 Å². The third-order valence-electron chi connectivity index (χ3n) is 5.42. The van der Waals surface area contributed by atoms with E-state index in [0.29, 0.717) is 5.58 Å². The number of rotatable bonds is 2. The highest BCUT2D eigenvalue weighted by Crippen LogP contribution is 2.38. The van der Waals surface area contributed by atoms with Crippen LogP contribution in [0.3, 0.4) is 0 Å². The fraction of sp³-hybridized carbons (Fsp3) is 0.217. The average Bonchev–Trinajstić information content (AvgIpc) is 3.06. The zero-order valence-electron chi connectivity index (χ0n) is 15.7. The molecule has 1 aliphatic rings. The number of fused-ring (bicyclic) bond motifs is 3. The van der Waals surface area contributed by atoms with Crippen LogP contribution in [0.2, 0.25) is 0 Å². The van der Waals surface area contributed by atoms with Crippen LogP contribution in [0.15, 0.2) is 63.9 Å². The lowest BCUT2D eigenvalue weighted by atomic mass is 10.0. The number of ether oxygens (including phenoxy) is 1. The van der Waals surface area contributed by atoms with Gasteiger partial charge in [0.05, 0.1) is 0 Å². The van der Waals surface area contributed by atoms with Crippen molar-refractivity contribution < 1.29 is 30.7 Å². The molecule has 4 aromatic rings. The Bertz CT molecular complexity index is 1260. The first kappa shape index (κ1) is 18.7. The molecule has 2 aromatic carbocycles. The molecule has 0 amide bonds. The van der Waals surface area contributed by atoms with Crippen molar-refractivity contribution in [1.29, 1.82) is 0 Å². The highest BCUT2D eigenvalue weighted by molar-refractivity contribution is 5.86. The Kier molecular flexibility index (Phi) is 4.71. The zero-order valence-corrected chi connectivity index (χ0v) is 17.3. The van der Waals surface area contributed by atoms with Gasteiger partial charge in [0.1, 0.15) is 11.3 Å². The molecule has 5 rings (SSSR count). The number of para-hydroxylation sites is 1. The number of benzene rings is 2. The fourth-order valence-corrected chi connectivity index (χ4v) is 4.13. The number of hydrogen-bond acceptors (Lipinski definition) is 3. The highest BCUT2D eigenvalue weighted by atomic mass is 79.9. The van der Waals surface area contributed by atoms with Gasteiger partial charge in [-0.25, -0.2) is 4.79 Å². The summed E-state index contributed by atoms with van der Waals surface area (Å²) in [6.45, 7) is 4.69. The highest BCUT2D eigenvalue weighted by Gasteiger charge is 2.30. The number of halogens is 1. The van der Waals surface area contributed by atoms with Gasteiger partial charge in [0.25, 0.3) is 0 Å². The summed E-state index contributed by atoms with van der Waals surface area (Å²) in [5.74, 6) is 0.863. The van der Waals surface area contributed by atoms with E-state index in [1.807, 2.05) is 13.8 Å². The van der Waals surface area contributed by atoms with Crippen molar-refractivity contribution in [3.05, 3.63) is 81.8 Å². The Hall–Kier alpha value is -2.66. The van der Waals surface area contributed by atoms with Gasteiger partial charge in [-0.15, -0.1) is 0 Å². The van der Waals surface area contributed by atoms with Crippen molar-refractivity contribution in [2.45, 2.75) is 32.9 Å². The van der Waals surface area contributed by atoms with Crippen LogP contribution in [0, 0.1) is 13.8 Å². The van der Waals surface area contributed by atoms with Gasteiger partial charge in [0.2, 0.25) is 5.52 Å². The van der Waals surface area contributed by atoms with Crippen LogP contribution in [0.4, 0.5) is 0 Å². The SMILES string of the molecule is Cc1cc(=O)oc2c(C)c3c(cc12)CC(C[n+]1cccc2ccccc21)O3.[Br-]. The van der Waals surface area contributed by atoms with Crippen LogP contribution in [0.1, 0.15) is 16.7 Å². The Morgan fingerprint density at radius 1 is 1.11 bits per heavy atom. The Balaban J connectivity index is 0.00000192. The minimum Gasteiger partial charge on any atom is -1.00 e. The third kappa shape index (κ3) is 3.00. The molecule has 0 saturated carbocycles. The van der Waals surface area contributed by atoms with E-state index < -0.39 is 0 Å². The Labute approximate surface area is 173 Å². The molecule has 1 unspecified atom stereocenters. The van der Waals surface area contributed by atoms with Gasteiger partial charge < -0.3 is 26.1 Å². The summed E-state index contributed by atoms with van der Waals surface area (Å²) in [5, 5.41) is 2.21. The van der Waals surface area contributed by atoms with Crippen LogP contribution < -0.4 is 31.9 Å². The number of nitrogens with zero attached hydrogens (tertiary/aromatic N) is 1. The molecule has 4 nitrogen and oxygen atoms in total. The number of hydrogen-bond donors (Lipinski definition) is 0. The quantitative estimate of drug-likeness (QED) is 0.345. The smallest absolute Gasteiger partial charge is 0.336 e. The molecule has 1 aliphatic heterocycles. The molecular weight excluding hydrogens is 418 g/mol. The maximum absolute atomic E-state index is 11.8. The molecule has 0 fully saturated rings. The lowest BCUT2D eigenvalue weighted by Crippen LogP contribution is -3.00. The number of pyridine rings is 1. The normalized spacial score (nSPS) is 15.3. The summed E-state index contributed by atoms with van der Waals surface area (Å²) in [5.41, 5.74) is 4.56. The van der Waals surface area contributed by atoms with Crippen molar-refractivity contribution in [3.63, 3.8) is 0 Å². The monoisotopic (exact) mass is 437 g/mol. The second kappa shape index (κ2) is 7.06. The van der Waals surface area contributed by atoms with Gasteiger partial charge in [0.15, 0.2) is 18.8 Å². The molecule has 0 radical (unpaired) electrons. The first-order chi connectivity index (χ1) is 13.1. The second-order valence-corrected chi connectivity index (χ2v) is 7.28. The summed E-state index contributed by atoms with van der Waals surface area (Å²) < 4.78 is 14.0. The van der Waals surface area contributed by atoms with Crippen LogP contribution in [-0.4, -0.2) is 6.10 Å². The zero-order chi connectivity index (χ0) is 18.5. The van der Waals surface area contributed by atoms with Gasteiger partial charge in [-0.2, -0.15) is 4.57 Å². The van der Waals surface area contributed by atoms with E-state index in [-0.39, 0.29) is 28.7 Å². The standard InChI is InChI=1S/C23H20NO3.BrH/c1-14-10-21(25)27-23-15(2)22-17(12-19(14)23)11-18(26-22)13-24-9-5-7-16-6-3-4-8-20(16)24;/h3-10,12,18H,11,13H2,1-2H3;1H/q+1;/p-1. The molecule has 5 heteroatoms. The Morgan fingerprint density at radius 2 is 1.89 bits per heavy atom. The van der Waals surface area contributed by atoms with Crippen molar-refractivity contribution >= 4 is 21.9 Å². The largest absolute Gasteiger partial charge is 1.00 e. The van der Waals surface area contributed by atoms with Crippen molar-refractivity contribution in [2.24, 2.45) is 0 Å². The van der Waals surface area contributed by atoms with Gasteiger partial charge >= 0.3 is 5.63 Å². The second-order valence-electron chi connectivity index (χ2n) is 7.28. The minimum atomic E-state index is -0.316. The molecule has 0 bridgehead atoms.